The van der Waals surface area contributed by atoms with Crippen molar-refractivity contribution in [2.24, 2.45) is 5.16 Å². The van der Waals surface area contributed by atoms with Gasteiger partial charge in [-0.15, -0.1) is 0 Å². The van der Waals surface area contributed by atoms with Gasteiger partial charge in [0.25, 0.3) is 11.8 Å². The predicted molar refractivity (Wildman–Crippen MR) is 121 cm³/mol. The van der Waals surface area contributed by atoms with Gasteiger partial charge in [0.05, 0.1) is 12.2 Å². The molecule has 184 valence electrons. The highest BCUT2D eigenvalue weighted by Gasteiger charge is 2.34. The Kier molecular flexibility index (Phi) is 11.5. The summed E-state index contributed by atoms with van der Waals surface area (Å²) in [6, 6.07) is 6.51. The highest BCUT2D eigenvalue weighted by molar-refractivity contribution is 6.46. The number of rotatable bonds is 7. The summed E-state index contributed by atoms with van der Waals surface area (Å²) < 4.78 is 9.84. The summed E-state index contributed by atoms with van der Waals surface area (Å²) in [6.45, 7) is 6.40. The second-order valence-electron chi connectivity index (χ2n) is 6.66. The van der Waals surface area contributed by atoms with Crippen molar-refractivity contribution < 1.29 is 33.5 Å². The second kappa shape index (κ2) is 14.1. The van der Waals surface area contributed by atoms with Crippen molar-refractivity contribution in [1.29, 1.82) is 5.26 Å². The van der Waals surface area contributed by atoms with Gasteiger partial charge in [-0.05, 0) is 31.9 Å². The van der Waals surface area contributed by atoms with Crippen LogP contribution in [0.15, 0.2) is 23.4 Å². The Labute approximate surface area is 197 Å². The summed E-state index contributed by atoms with van der Waals surface area (Å²) in [5.74, 6) is -1.20. The molecule has 1 aromatic rings. The number of amides is 5. The maximum Gasteiger partial charge on any atom is 0.429 e. The number of urea groups is 1. The Hall–Kier alpha value is -4.18. The van der Waals surface area contributed by atoms with Crippen molar-refractivity contribution in [2.75, 3.05) is 45.5 Å². The topological polar surface area (TPSA) is 163 Å². The molecule has 2 rings (SSSR count). The quantitative estimate of drug-likeness (QED) is 0.435. The van der Waals surface area contributed by atoms with Gasteiger partial charge in [-0.3, -0.25) is 14.9 Å². The second-order valence-corrected chi connectivity index (χ2v) is 6.66. The van der Waals surface area contributed by atoms with E-state index in [0.29, 0.717) is 18.8 Å². The van der Waals surface area contributed by atoms with Crippen LogP contribution in [0.4, 0.5) is 15.3 Å². The van der Waals surface area contributed by atoms with E-state index in [4.69, 9.17) is 14.7 Å². The lowest BCUT2D eigenvalue weighted by Crippen LogP contribution is -2.49. The number of nitriles is 1. The van der Waals surface area contributed by atoms with E-state index in [2.05, 4.69) is 15.3 Å². The number of carbonyl (C=O) groups is 4. The number of hydrazine groups is 1. The summed E-state index contributed by atoms with van der Waals surface area (Å²) in [5.41, 5.74) is 2.01. The SMILES string of the molecule is CCNC(=O)NC(=O)/C(C#N)=N/OC.COCC(=O)N(c1c(C)cccc1C)N1CCOC1=O. The van der Waals surface area contributed by atoms with Gasteiger partial charge in [0.1, 0.15) is 26.4 Å². The fraction of sp³-hybridized carbons (Fsp3) is 0.429. The van der Waals surface area contributed by atoms with Crippen molar-refractivity contribution in [3.05, 3.63) is 29.3 Å². The van der Waals surface area contributed by atoms with E-state index in [-0.39, 0.29) is 19.1 Å². The number of ether oxygens (including phenoxy) is 2. The predicted octanol–water partition coefficient (Wildman–Crippen LogP) is 1.01. The van der Waals surface area contributed by atoms with Gasteiger partial charge in [-0.2, -0.15) is 5.26 Å². The third-order valence-electron chi connectivity index (χ3n) is 4.20. The molecule has 1 saturated heterocycles. The number of imide groups is 1. The average Bonchev–Trinajstić information content (AvgIpc) is 3.20. The number of cyclic esters (lactones) is 1. The van der Waals surface area contributed by atoms with Gasteiger partial charge in [0, 0.05) is 13.7 Å². The molecule has 1 heterocycles. The Morgan fingerprint density at radius 2 is 1.91 bits per heavy atom. The van der Waals surface area contributed by atoms with E-state index in [1.54, 1.807) is 6.92 Å². The minimum absolute atomic E-state index is 0.0996. The zero-order valence-electron chi connectivity index (χ0n) is 19.7. The van der Waals surface area contributed by atoms with Gasteiger partial charge in [-0.25, -0.2) is 19.6 Å². The van der Waals surface area contributed by atoms with E-state index in [1.165, 1.54) is 30.3 Å². The molecular weight excluding hydrogens is 448 g/mol. The maximum atomic E-state index is 12.3. The van der Waals surface area contributed by atoms with Crippen LogP contribution in [-0.4, -0.2) is 75.2 Å². The van der Waals surface area contributed by atoms with Gasteiger partial charge >= 0.3 is 12.1 Å². The van der Waals surface area contributed by atoms with Crippen LogP contribution in [0.25, 0.3) is 0 Å². The molecule has 0 aromatic heterocycles. The van der Waals surface area contributed by atoms with Crippen LogP contribution in [0.3, 0.4) is 0 Å². The van der Waals surface area contributed by atoms with Crippen LogP contribution in [0.1, 0.15) is 18.1 Å². The number of hydrogen-bond acceptors (Lipinski definition) is 9. The van der Waals surface area contributed by atoms with Crippen LogP contribution in [0.5, 0.6) is 0 Å². The van der Waals surface area contributed by atoms with E-state index in [0.717, 1.165) is 11.1 Å². The smallest absolute Gasteiger partial charge is 0.429 e. The third kappa shape index (κ3) is 7.75. The molecule has 5 amide bonds. The van der Waals surface area contributed by atoms with Gasteiger partial charge < -0.3 is 19.6 Å². The minimum Gasteiger partial charge on any atom is -0.446 e. The van der Waals surface area contributed by atoms with E-state index < -0.39 is 23.7 Å². The largest absolute Gasteiger partial charge is 0.446 e. The number of hydrogen-bond donors (Lipinski definition) is 2. The Morgan fingerprint density at radius 1 is 1.26 bits per heavy atom. The van der Waals surface area contributed by atoms with Crippen molar-refractivity contribution in [1.82, 2.24) is 15.6 Å². The van der Waals surface area contributed by atoms with E-state index in [1.807, 2.05) is 37.4 Å². The number of oxime groups is 1. The van der Waals surface area contributed by atoms with Crippen molar-refractivity contribution in [3.8, 4) is 6.07 Å². The van der Waals surface area contributed by atoms with Crippen LogP contribution in [0, 0.1) is 25.2 Å². The third-order valence-corrected chi connectivity index (χ3v) is 4.20. The zero-order valence-corrected chi connectivity index (χ0v) is 19.7. The molecule has 13 heteroatoms. The number of nitrogens with one attached hydrogen (secondary N) is 2. The lowest BCUT2D eigenvalue weighted by atomic mass is 10.1. The molecular formula is C21H28N6O7. The van der Waals surface area contributed by atoms with Gasteiger partial charge in [0.15, 0.2) is 0 Å². The summed E-state index contributed by atoms with van der Waals surface area (Å²) in [5, 5.41) is 18.4. The molecule has 0 unspecified atom stereocenters. The maximum absolute atomic E-state index is 12.3. The molecule has 0 bridgehead atoms. The summed E-state index contributed by atoms with van der Waals surface area (Å²) in [6.07, 6.45) is -0.517. The highest BCUT2D eigenvalue weighted by Crippen LogP contribution is 2.27. The van der Waals surface area contributed by atoms with Crippen LogP contribution < -0.4 is 15.6 Å². The number of aryl methyl sites for hydroxylation is 2. The number of benzene rings is 1. The molecule has 2 N–H and O–H groups in total. The average molecular weight is 476 g/mol. The first-order valence-corrected chi connectivity index (χ1v) is 10.1. The Balaban J connectivity index is 0.000000365. The van der Waals surface area contributed by atoms with Gasteiger partial charge in [0.2, 0.25) is 5.71 Å². The van der Waals surface area contributed by atoms with Crippen LogP contribution in [0.2, 0.25) is 0 Å². The number of nitrogens with zero attached hydrogens (tertiary/aromatic N) is 4. The number of carbonyl (C=O) groups excluding carboxylic acids is 4. The van der Waals surface area contributed by atoms with Gasteiger partial charge in [-0.1, -0.05) is 23.4 Å². The highest BCUT2D eigenvalue weighted by atomic mass is 16.6. The fourth-order valence-electron chi connectivity index (χ4n) is 2.84. The Morgan fingerprint density at radius 3 is 2.38 bits per heavy atom. The fourth-order valence-corrected chi connectivity index (χ4v) is 2.84. The molecule has 1 aromatic carbocycles. The number of anilines is 1. The lowest BCUT2D eigenvalue weighted by Gasteiger charge is -2.31. The summed E-state index contributed by atoms with van der Waals surface area (Å²) in [4.78, 5) is 50.2. The molecule has 13 nitrogen and oxygen atoms in total. The molecule has 1 aliphatic heterocycles. The zero-order chi connectivity index (χ0) is 25.7. The van der Waals surface area contributed by atoms with Crippen LogP contribution in [-0.2, 0) is 23.9 Å². The lowest BCUT2D eigenvalue weighted by molar-refractivity contribution is -0.124. The van der Waals surface area contributed by atoms with Crippen molar-refractivity contribution in [3.63, 3.8) is 0 Å². The van der Waals surface area contributed by atoms with E-state index >= 15 is 0 Å². The molecule has 34 heavy (non-hydrogen) atoms. The first-order valence-electron chi connectivity index (χ1n) is 10.1. The van der Waals surface area contributed by atoms with Crippen molar-refractivity contribution in [2.45, 2.75) is 20.8 Å². The first kappa shape index (κ1) is 27.9. The minimum atomic E-state index is -0.903. The molecule has 0 atom stereocenters. The monoisotopic (exact) mass is 476 g/mol. The molecule has 0 aliphatic carbocycles. The molecule has 0 saturated carbocycles. The molecule has 0 radical (unpaired) electrons. The molecule has 1 fully saturated rings. The first-order chi connectivity index (χ1) is 16.2. The number of para-hydroxylation sites is 1. The molecule has 1 aliphatic rings. The summed E-state index contributed by atoms with van der Waals surface area (Å²) in [7, 11) is 2.64. The standard InChI is InChI=1S/C14H18N2O4.C7H10N4O3/c1-10-5-4-6-11(2)13(10)16(12(17)9-19-3)15-7-8-20-14(15)18;1-3-9-7(13)10-6(12)5(4-8)11-14-2/h4-6H,7-9H2,1-3H3;3H2,1-2H3,(H2,9,10,12,13)/b;11-5+. The summed E-state index contributed by atoms with van der Waals surface area (Å²) >= 11 is 0. The van der Waals surface area contributed by atoms with Crippen molar-refractivity contribution >= 4 is 35.3 Å². The van der Waals surface area contributed by atoms with Crippen LogP contribution >= 0.6 is 0 Å². The van der Waals surface area contributed by atoms with E-state index in [9.17, 15) is 19.2 Å². The number of methoxy groups -OCH3 is 1. The normalized spacial score (nSPS) is 12.5. The molecule has 0 spiro atoms. The Bertz CT molecular complexity index is 953.